The molecule has 3 N–H and O–H groups in total. The van der Waals surface area contributed by atoms with Crippen molar-refractivity contribution in [2.75, 3.05) is 7.05 Å². The third-order valence-electron chi connectivity index (χ3n) is 1.52. The number of thiazole rings is 1. The van der Waals surface area contributed by atoms with Gasteiger partial charge >= 0.3 is 0 Å². The van der Waals surface area contributed by atoms with E-state index in [-0.39, 0.29) is 0 Å². The molecule has 0 aliphatic rings. The lowest BCUT2D eigenvalue weighted by atomic mass is 10.4. The fourth-order valence-electron chi connectivity index (χ4n) is 0.746. The number of hydrogen-bond donors (Lipinski definition) is 2. The van der Waals surface area contributed by atoms with Crippen LogP contribution in [0.3, 0.4) is 0 Å². The molecule has 0 spiro atoms. The van der Waals surface area contributed by atoms with Crippen molar-refractivity contribution in [3.05, 3.63) is 16.1 Å². The molecular formula is C7H12N4S. The van der Waals surface area contributed by atoms with Gasteiger partial charge in [-0.2, -0.15) is 0 Å². The lowest BCUT2D eigenvalue weighted by Crippen LogP contribution is -2.30. The highest BCUT2D eigenvalue weighted by Crippen LogP contribution is 2.10. The Morgan fingerprint density at radius 3 is 3.08 bits per heavy atom. The summed E-state index contributed by atoms with van der Waals surface area (Å²) in [5.41, 5.74) is 8.34. The zero-order valence-corrected chi connectivity index (χ0v) is 7.98. The summed E-state index contributed by atoms with van der Waals surface area (Å²) in [6.45, 7) is 2.69. The molecule has 0 radical (unpaired) electrons. The van der Waals surface area contributed by atoms with Crippen molar-refractivity contribution in [2.24, 2.45) is 10.7 Å². The van der Waals surface area contributed by atoms with Gasteiger partial charge in [-0.05, 0) is 6.92 Å². The Balaban J connectivity index is 2.49. The average Bonchev–Trinajstić information content (AvgIpc) is 2.47. The third kappa shape index (κ3) is 2.20. The Kier molecular flexibility index (Phi) is 3.04. The van der Waals surface area contributed by atoms with Crippen LogP contribution in [0.15, 0.2) is 10.5 Å². The van der Waals surface area contributed by atoms with Gasteiger partial charge in [0.05, 0.1) is 17.7 Å². The zero-order chi connectivity index (χ0) is 8.97. The van der Waals surface area contributed by atoms with Gasteiger partial charge in [0.25, 0.3) is 0 Å². The number of aromatic nitrogens is 1. The number of guanidine groups is 1. The van der Waals surface area contributed by atoms with Crippen LogP contribution in [0.25, 0.3) is 0 Å². The fourth-order valence-corrected chi connectivity index (χ4v) is 1.46. The van der Waals surface area contributed by atoms with Gasteiger partial charge in [-0.3, -0.25) is 4.99 Å². The van der Waals surface area contributed by atoms with Crippen LogP contribution in [0, 0.1) is 6.92 Å². The van der Waals surface area contributed by atoms with Crippen molar-refractivity contribution >= 4 is 17.3 Å². The predicted octanol–water partition coefficient (Wildman–Crippen LogP) is 0.486. The van der Waals surface area contributed by atoms with Crippen molar-refractivity contribution in [2.45, 2.75) is 13.5 Å². The number of rotatable bonds is 2. The van der Waals surface area contributed by atoms with Gasteiger partial charge < -0.3 is 11.1 Å². The number of aryl methyl sites for hydroxylation is 1. The van der Waals surface area contributed by atoms with Gasteiger partial charge in [-0.25, -0.2) is 4.98 Å². The SMILES string of the molecule is CN=C(N)NCc1scnc1C. The highest BCUT2D eigenvalue weighted by Gasteiger charge is 2.00. The summed E-state index contributed by atoms with van der Waals surface area (Å²) in [6.07, 6.45) is 0. The molecule has 1 heterocycles. The molecule has 1 aromatic rings. The normalized spacial score (nSPS) is 11.7. The van der Waals surface area contributed by atoms with Crippen LogP contribution in [0.4, 0.5) is 0 Å². The van der Waals surface area contributed by atoms with E-state index >= 15 is 0 Å². The van der Waals surface area contributed by atoms with Crippen LogP contribution in [0.2, 0.25) is 0 Å². The van der Waals surface area contributed by atoms with Crippen molar-refractivity contribution in [1.29, 1.82) is 0 Å². The summed E-state index contributed by atoms with van der Waals surface area (Å²) in [5, 5.41) is 2.97. The third-order valence-corrected chi connectivity index (χ3v) is 2.45. The Morgan fingerprint density at radius 2 is 2.58 bits per heavy atom. The van der Waals surface area contributed by atoms with E-state index in [0.717, 1.165) is 5.69 Å². The molecule has 0 aromatic carbocycles. The zero-order valence-electron chi connectivity index (χ0n) is 7.16. The van der Waals surface area contributed by atoms with Crippen LogP contribution in [-0.2, 0) is 6.54 Å². The van der Waals surface area contributed by atoms with Gasteiger partial charge in [-0.1, -0.05) is 0 Å². The molecule has 0 aliphatic carbocycles. The molecule has 1 aromatic heterocycles. The Labute approximate surface area is 75.5 Å². The summed E-state index contributed by atoms with van der Waals surface area (Å²) in [7, 11) is 1.65. The van der Waals surface area contributed by atoms with Gasteiger partial charge in [0.1, 0.15) is 0 Å². The molecule has 4 nitrogen and oxygen atoms in total. The standard InChI is InChI=1S/C7H12N4S/c1-5-6(12-4-11-5)3-10-7(8)9-2/h4H,3H2,1-2H3,(H3,8,9,10). The maximum atomic E-state index is 5.46. The van der Waals surface area contributed by atoms with Crippen LogP contribution < -0.4 is 11.1 Å². The minimum absolute atomic E-state index is 0.461. The first-order valence-corrected chi connectivity index (χ1v) is 4.47. The number of nitrogens with one attached hydrogen (secondary N) is 1. The average molecular weight is 184 g/mol. The molecule has 0 saturated heterocycles. The molecule has 0 atom stereocenters. The topological polar surface area (TPSA) is 63.3 Å². The van der Waals surface area contributed by atoms with Gasteiger partial charge in [0.15, 0.2) is 5.96 Å². The van der Waals surface area contributed by atoms with Crippen molar-refractivity contribution in [3.8, 4) is 0 Å². The van der Waals surface area contributed by atoms with E-state index in [2.05, 4.69) is 15.3 Å². The summed E-state index contributed by atoms with van der Waals surface area (Å²) < 4.78 is 0. The highest BCUT2D eigenvalue weighted by atomic mass is 32.1. The van der Waals surface area contributed by atoms with Gasteiger partial charge in [0, 0.05) is 11.9 Å². The fraction of sp³-hybridized carbons (Fsp3) is 0.429. The minimum atomic E-state index is 0.461. The van der Waals surface area contributed by atoms with Crippen LogP contribution >= 0.6 is 11.3 Å². The van der Waals surface area contributed by atoms with E-state index in [1.807, 2.05) is 12.4 Å². The quantitative estimate of drug-likeness (QED) is 0.519. The Bertz CT molecular complexity index is 279. The second kappa shape index (κ2) is 4.06. The molecule has 0 aliphatic heterocycles. The first-order valence-electron chi connectivity index (χ1n) is 3.59. The maximum Gasteiger partial charge on any atom is 0.188 e. The molecule has 0 unspecified atom stereocenters. The molecule has 0 amide bonds. The van der Waals surface area contributed by atoms with Crippen molar-refractivity contribution in [1.82, 2.24) is 10.3 Å². The second-order valence-electron chi connectivity index (χ2n) is 2.32. The van der Waals surface area contributed by atoms with Gasteiger partial charge in [-0.15, -0.1) is 11.3 Å². The lowest BCUT2D eigenvalue weighted by molar-refractivity contribution is 0.904. The van der Waals surface area contributed by atoms with E-state index in [9.17, 15) is 0 Å². The van der Waals surface area contributed by atoms with Gasteiger partial charge in [0.2, 0.25) is 0 Å². The molecule has 0 fully saturated rings. The summed E-state index contributed by atoms with van der Waals surface area (Å²) in [5.74, 6) is 0.461. The first-order chi connectivity index (χ1) is 5.74. The first kappa shape index (κ1) is 8.99. The van der Waals surface area contributed by atoms with E-state index in [1.165, 1.54) is 4.88 Å². The molecular weight excluding hydrogens is 172 g/mol. The molecule has 1 rings (SSSR count). The van der Waals surface area contributed by atoms with E-state index in [4.69, 9.17) is 5.73 Å². The lowest BCUT2D eigenvalue weighted by Gasteiger charge is -2.02. The Morgan fingerprint density at radius 1 is 1.83 bits per heavy atom. The van der Waals surface area contributed by atoms with E-state index in [1.54, 1.807) is 18.4 Å². The molecule has 0 bridgehead atoms. The molecule has 66 valence electrons. The highest BCUT2D eigenvalue weighted by molar-refractivity contribution is 7.09. The smallest absolute Gasteiger partial charge is 0.188 e. The van der Waals surface area contributed by atoms with E-state index < -0.39 is 0 Å². The molecule has 12 heavy (non-hydrogen) atoms. The van der Waals surface area contributed by atoms with Crippen molar-refractivity contribution in [3.63, 3.8) is 0 Å². The summed E-state index contributed by atoms with van der Waals surface area (Å²) >= 11 is 1.62. The predicted molar refractivity (Wildman–Crippen MR) is 51.2 cm³/mol. The summed E-state index contributed by atoms with van der Waals surface area (Å²) in [4.78, 5) is 9.10. The maximum absolute atomic E-state index is 5.46. The van der Waals surface area contributed by atoms with Crippen molar-refractivity contribution < 1.29 is 0 Å². The number of nitrogens with two attached hydrogens (primary N) is 1. The second-order valence-corrected chi connectivity index (χ2v) is 3.26. The number of nitrogens with zero attached hydrogens (tertiary/aromatic N) is 2. The molecule has 5 heteroatoms. The minimum Gasteiger partial charge on any atom is -0.370 e. The Hall–Kier alpha value is -1.10. The monoisotopic (exact) mass is 184 g/mol. The largest absolute Gasteiger partial charge is 0.370 e. The number of aliphatic imine (C=N–C) groups is 1. The van der Waals surface area contributed by atoms with Crippen LogP contribution in [0.1, 0.15) is 10.6 Å². The molecule has 0 saturated carbocycles. The van der Waals surface area contributed by atoms with Crippen LogP contribution in [0.5, 0.6) is 0 Å². The van der Waals surface area contributed by atoms with Crippen LogP contribution in [-0.4, -0.2) is 18.0 Å². The summed E-state index contributed by atoms with van der Waals surface area (Å²) in [6, 6.07) is 0. The van der Waals surface area contributed by atoms with E-state index in [0.29, 0.717) is 12.5 Å². The number of hydrogen-bond acceptors (Lipinski definition) is 3.